The third kappa shape index (κ3) is 2.17. The van der Waals surface area contributed by atoms with Crippen molar-refractivity contribution in [1.82, 2.24) is 0 Å². The van der Waals surface area contributed by atoms with Gasteiger partial charge in [-0.15, -0.1) is 0 Å². The molecule has 0 heterocycles. The molecule has 0 amide bonds. The molecule has 0 aliphatic heterocycles. The molecule has 0 radical (unpaired) electrons. The summed E-state index contributed by atoms with van der Waals surface area (Å²) in [6.45, 7) is 2.42. The molecule has 0 aromatic heterocycles. The molecule has 0 aliphatic rings. The maximum Gasteiger partial charge on any atom is 0.0713 e. The summed E-state index contributed by atoms with van der Waals surface area (Å²) in [5, 5.41) is 7.38. The molecule has 0 saturated carbocycles. The first-order chi connectivity index (χ1) is 5.74. The predicted octanol–water partition coefficient (Wildman–Crippen LogP) is 2.22. The second kappa shape index (κ2) is 4.02. The summed E-state index contributed by atoms with van der Waals surface area (Å²) >= 11 is 0. The third-order valence-corrected chi connectivity index (χ3v) is 1.70. The highest BCUT2D eigenvalue weighted by Crippen LogP contribution is 2.05. The Bertz CT molecular complexity index is 264. The zero-order chi connectivity index (χ0) is 8.97. The van der Waals surface area contributed by atoms with E-state index in [2.05, 4.69) is 0 Å². The van der Waals surface area contributed by atoms with Gasteiger partial charge in [-0.05, 0) is 18.1 Å². The van der Waals surface area contributed by atoms with Gasteiger partial charge in [0, 0.05) is 12.8 Å². The Morgan fingerprint density at radius 1 is 1.33 bits per heavy atom. The van der Waals surface area contributed by atoms with Crippen LogP contribution in [0.4, 0.5) is 0 Å². The van der Waals surface area contributed by atoms with Gasteiger partial charge >= 0.3 is 0 Å². The first-order valence-electron chi connectivity index (χ1n) is 3.87. The Labute approximate surface area is 72.7 Å². The standard InChI is InChI=1S/C10H13NO/c1-8(11)10-5-3-9(4-6-10)7-12-2/h3-6,11H,7H2,1-2H3. The maximum atomic E-state index is 7.38. The van der Waals surface area contributed by atoms with Gasteiger partial charge < -0.3 is 10.1 Å². The number of rotatable bonds is 3. The van der Waals surface area contributed by atoms with Crippen molar-refractivity contribution in [2.75, 3.05) is 7.11 Å². The summed E-state index contributed by atoms with van der Waals surface area (Å²) < 4.78 is 4.97. The second-order valence-electron chi connectivity index (χ2n) is 2.75. The number of methoxy groups -OCH3 is 1. The first kappa shape index (κ1) is 8.94. The molecule has 2 nitrogen and oxygen atoms in total. The molecule has 0 unspecified atom stereocenters. The van der Waals surface area contributed by atoms with E-state index in [1.165, 1.54) is 0 Å². The molecule has 12 heavy (non-hydrogen) atoms. The molecule has 0 bridgehead atoms. The summed E-state index contributed by atoms with van der Waals surface area (Å²) in [6, 6.07) is 7.85. The van der Waals surface area contributed by atoms with Gasteiger partial charge in [0.25, 0.3) is 0 Å². The fraction of sp³-hybridized carbons (Fsp3) is 0.300. The maximum absolute atomic E-state index is 7.38. The van der Waals surface area contributed by atoms with Crippen molar-refractivity contribution in [2.45, 2.75) is 13.5 Å². The summed E-state index contributed by atoms with van der Waals surface area (Å²) in [7, 11) is 1.68. The normalized spacial score (nSPS) is 9.83. The molecule has 0 aliphatic carbocycles. The molecule has 0 fully saturated rings. The first-order valence-corrected chi connectivity index (χ1v) is 3.87. The van der Waals surface area contributed by atoms with Gasteiger partial charge in [-0.25, -0.2) is 0 Å². The number of nitrogens with one attached hydrogen (secondary N) is 1. The van der Waals surface area contributed by atoms with Crippen LogP contribution in [-0.2, 0) is 11.3 Å². The highest BCUT2D eigenvalue weighted by molar-refractivity contribution is 5.96. The Kier molecular flexibility index (Phi) is 3.00. The largest absolute Gasteiger partial charge is 0.380 e. The van der Waals surface area contributed by atoms with E-state index in [9.17, 15) is 0 Å². The van der Waals surface area contributed by atoms with Crippen LogP contribution in [0.1, 0.15) is 18.1 Å². The van der Waals surface area contributed by atoms with E-state index < -0.39 is 0 Å². The van der Waals surface area contributed by atoms with Gasteiger partial charge in [-0.2, -0.15) is 0 Å². The van der Waals surface area contributed by atoms with Crippen LogP contribution in [0, 0.1) is 5.41 Å². The van der Waals surface area contributed by atoms with Crippen LogP contribution in [0.5, 0.6) is 0 Å². The van der Waals surface area contributed by atoms with Gasteiger partial charge in [-0.3, -0.25) is 0 Å². The Morgan fingerprint density at radius 3 is 2.33 bits per heavy atom. The number of ether oxygens (including phenoxy) is 1. The van der Waals surface area contributed by atoms with E-state index >= 15 is 0 Å². The lowest BCUT2D eigenvalue weighted by Crippen LogP contribution is -1.93. The Balaban J connectivity index is 2.78. The van der Waals surface area contributed by atoms with E-state index in [4.69, 9.17) is 10.1 Å². The minimum Gasteiger partial charge on any atom is -0.380 e. The van der Waals surface area contributed by atoms with Gasteiger partial charge in [0.05, 0.1) is 6.61 Å². The number of hydrogen-bond donors (Lipinski definition) is 1. The monoisotopic (exact) mass is 163 g/mol. The minimum absolute atomic E-state index is 0.596. The minimum atomic E-state index is 0.596. The molecule has 0 saturated heterocycles. The average molecular weight is 163 g/mol. The average Bonchev–Trinajstić information content (AvgIpc) is 2.06. The van der Waals surface area contributed by atoms with Crippen LogP contribution >= 0.6 is 0 Å². The Hall–Kier alpha value is -1.15. The smallest absolute Gasteiger partial charge is 0.0713 e. The molecule has 1 aromatic rings. The van der Waals surface area contributed by atoms with Gasteiger partial charge in [0.1, 0.15) is 0 Å². The van der Waals surface area contributed by atoms with Gasteiger partial charge in [-0.1, -0.05) is 24.3 Å². The fourth-order valence-electron chi connectivity index (χ4n) is 1.02. The van der Waals surface area contributed by atoms with Gasteiger partial charge in [0.2, 0.25) is 0 Å². The molecule has 1 rings (SSSR count). The number of benzene rings is 1. The quantitative estimate of drug-likeness (QED) is 0.681. The zero-order valence-electron chi connectivity index (χ0n) is 7.42. The lowest BCUT2D eigenvalue weighted by molar-refractivity contribution is 0.185. The summed E-state index contributed by atoms with van der Waals surface area (Å²) in [6.07, 6.45) is 0. The highest BCUT2D eigenvalue weighted by atomic mass is 16.5. The molecule has 2 heteroatoms. The summed E-state index contributed by atoms with van der Waals surface area (Å²) in [4.78, 5) is 0. The van der Waals surface area contributed by atoms with Crippen LogP contribution in [0.3, 0.4) is 0 Å². The molecule has 64 valence electrons. The summed E-state index contributed by atoms with van der Waals surface area (Å²) in [5.74, 6) is 0. The second-order valence-corrected chi connectivity index (χ2v) is 2.75. The van der Waals surface area contributed by atoms with Crippen LogP contribution in [0.2, 0.25) is 0 Å². The lowest BCUT2D eigenvalue weighted by Gasteiger charge is -2.01. The van der Waals surface area contributed by atoms with Crippen molar-refractivity contribution in [3.63, 3.8) is 0 Å². The zero-order valence-corrected chi connectivity index (χ0v) is 7.42. The van der Waals surface area contributed by atoms with Crippen molar-refractivity contribution in [1.29, 1.82) is 5.41 Å². The topological polar surface area (TPSA) is 33.1 Å². The van der Waals surface area contributed by atoms with Crippen LogP contribution < -0.4 is 0 Å². The van der Waals surface area contributed by atoms with Gasteiger partial charge in [0.15, 0.2) is 0 Å². The highest BCUT2D eigenvalue weighted by Gasteiger charge is 1.94. The van der Waals surface area contributed by atoms with Crippen molar-refractivity contribution >= 4 is 5.71 Å². The van der Waals surface area contributed by atoms with Crippen molar-refractivity contribution in [3.8, 4) is 0 Å². The molecule has 1 aromatic carbocycles. The van der Waals surface area contributed by atoms with E-state index in [1.807, 2.05) is 24.3 Å². The van der Waals surface area contributed by atoms with Crippen molar-refractivity contribution in [3.05, 3.63) is 35.4 Å². The number of hydrogen-bond acceptors (Lipinski definition) is 2. The van der Waals surface area contributed by atoms with Crippen LogP contribution in [0.25, 0.3) is 0 Å². The Morgan fingerprint density at radius 2 is 1.92 bits per heavy atom. The predicted molar refractivity (Wildman–Crippen MR) is 49.7 cm³/mol. The summed E-state index contributed by atoms with van der Waals surface area (Å²) in [5.41, 5.74) is 2.70. The lowest BCUT2D eigenvalue weighted by atomic mass is 10.1. The van der Waals surface area contributed by atoms with E-state index in [-0.39, 0.29) is 0 Å². The molecule has 1 N–H and O–H groups in total. The molecular formula is C10H13NO. The van der Waals surface area contributed by atoms with Crippen LogP contribution in [-0.4, -0.2) is 12.8 Å². The van der Waals surface area contributed by atoms with Crippen molar-refractivity contribution in [2.24, 2.45) is 0 Å². The van der Waals surface area contributed by atoms with Crippen LogP contribution in [0.15, 0.2) is 24.3 Å². The fourth-order valence-corrected chi connectivity index (χ4v) is 1.02. The SMILES string of the molecule is COCc1ccc(C(C)=N)cc1. The van der Waals surface area contributed by atoms with Crippen molar-refractivity contribution < 1.29 is 4.74 Å². The van der Waals surface area contributed by atoms with E-state index in [0.29, 0.717) is 12.3 Å². The van der Waals surface area contributed by atoms with E-state index in [1.54, 1.807) is 14.0 Å². The molecule has 0 spiro atoms. The molecule has 0 atom stereocenters. The molecular weight excluding hydrogens is 150 g/mol. The third-order valence-electron chi connectivity index (χ3n) is 1.70. The van der Waals surface area contributed by atoms with E-state index in [0.717, 1.165) is 11.1 Å².